The number of benzene rings is 2. The van der Waals surface area contributed by atoms with Gasteiger partial charge in [0.25, 0.3) is 5.22 Å². The van der Waals surface area contributed by atoms with E-state index >= 15 is 0 Å². The van der Waals surface area contributed by atoms with Crippen LogP contribution in [0.25, 0.3) is 11.5 Å². The van der Waals surface area contributed by atoms with Crippen molar-refractivity contribution in [3.05, 3.63) is 60.7 Å². The molecule has 2 aromatic carbocycles. The van der Waals surface area contributed by atoms with Crippen molar-refractivity contribution >= 4 is 23.4 Å². The molecule has 3 rings (SSSR count). The third kappa shape index (κ3) is 4.43. The summed E-state index contributed by atoms with van der Waals surface area (Å²) in [4.78, 5) is 11.8. The number of aromatic nitrogens is 2. The van der Waals surface area contributed by atoms with E-state index in [0.29, 0.717) is 23.3 Å². The van der Waals surface area contributed by atoms with E-state index in [-0.39, 0.29) is 5.91 Å². The summed E-state index contributed by atoms with van der Waals surface area (Å²) in [6.07, 6.45) is 0.378. The molecule has 0 fully saturated rings. The fraction of sp³-hybridized carbons (Fsp3) is 0.118. The van der Waals surface area contributed by atoms with Gasteiger partial charge in [-0.15, -0.1) is 10.2 Å². The molecule has 116 valence electrons. The number of nitrogens with one attached hydrogen (secondary N) is 1. The minimum absolute atomic E-state index is 0.0356. The minimum atomic E-state index is -0.0356. The van der Waals surface area contributed by atoms with Crippen LogP contribution in [0.2, 0.25) is 0 Å². The maximum atomic E-state index is 11.8. The Balaban J connectivity index is 1.48. The summed E-state index contributed by atoms with van der Waals surface area (Å²) in [6.45, 7) is 0. The number of carbonyl (C=O) groups is 1. The monoisotopic (exact) mass is 325 g/mol. The molecule has 3 aromatic rings. The lowest BCUT2D eigenvalue weighted by Gasteiger charge is -2.03. The van der Waals surface area contributed by atoms with Crippen LogP contribution in [-0.2, 0) is 4.79 Å². The molecule has 0 saturated carbocycles. The van der Waals surface area contributed by atoms with Crippen molar-refractivity contribution in [3.63, 3.8) is 0 Å². The van der Waals surface area contributed by atoms with E-state index in [1.165, 1.54) is 11.8 Å². The maximum absolute atomic E-state index is 11.8. The Morgan fingerprint density at radius 1 is 1.00 bits per heavy atom. The molecule has 0 saturated heterocycles. The molecule has 0 aliphatic rings. The molecule has 23 heavy (non-hydrogen) atoms. The van der Waals surface area contributed by atoms with Gasteiger partial charge in [-0.1, -0.05) is 48.2 Å². The van der Waals surface area contributed by atoms with Crippen molar-refractivity contribution in [1.29, 1.82) is 0 Å². The zero-order valence-corrected chi connectivity index (χ0v) is 13.1. The Kier molecular flexibility index (Phi) is 5.06. The predicted octanol–water partition coefficient (Wildman–Crippen LogP) is 3.86. The number of rotatable bonds is 6. The van der Waals surface area contributed by atoms with Gasteiger partial charge in [-0.25, -0.2) is 0 Å². The van der Waals surface area contributed by atoms with Crippen LogP contribution >= 0.6 is 11.8 Å². The molecule has 1 heterocycles. The molecule has 0 spiro atoms. The number of hydrogen-bond acceptors (Lipinski definition) is 5. The molecule has 0 radical (unpaired) electrons. The summed E-state index contributed by atoms with van der Waals surface area (Å²) in [5, 5.41) is 11.3. The fourth-order valence-electron chi connectivity index (χ4n) is 1.94. The van der Waals surface area contributed by atoms with Gasteiger partial charge in [0.2, 0.25) is 11.8 Å². The Hall–Kier alpha value is -2.60. The molecular weight excluding hydrogens is 310 g/mol. The number of anilines is 1. The van der Waals surface area contributed by atoms with E-state index in [1.807, 2.05) is 60.7 Å². The van der Waals surface area contributed by atoms with Crippen LogP contribution in [0.5, 0.6) is 0 Å². The summed E-state index contributed by atoms with van der Waals surface area (Å²) >= 11 is 1.37. The van der Waals surface area contributed by atoms with Crippen molar-refractivity contribution in [2.24, 2.45) is 0 Å². The molecule has 6 heteroatoms. The van der Waals surface area contributed by atoms with Crippen LogP contribution in [0.4, 0.5) is 5.69 Å². The smallest absolute Gasteiger partial charge is 0.276 e. The highest BCUT2D eigenvalue weighted by atomic mass is 32.2. The average Bonchev–Trinajstić information content (AvgIpc) is 3.05. The van der Waals surface area contributed by atoms with E-state index in [9.17, 15) is 4.79 Å². The summed E-state index contributed by atoms with van der Waals surface area (Å²) in [6, 6.07) is 19.0. The highest BCUT2D eigenvalue weighted by Crippen LogP contribution is 2.23. The molecule has 1 aromatic heterocycles. The Bertz CT molecular complexity index is 760. The number of thioether (sulfide) groups is 1. The Labute approximate surface area is 138 Å². The molecule has 0 aliphatic heterocycles. The lowest BCUT2D eigenvalue weighted by Crippen LogP contribution is -2.11. The van der Waals surface area contributed by atoms with Crippen LogP contribution < -0.4 is 5.32 Å². The number of para-hydroxylation sites is 1. The Morgan fingerprint density at radius 3 is 2.43 bits per heavy atom. The molecule has 1 amide bonds. The normalized spacial score (nSPS) is 10.4. The van der Waals surface area contributed by atoms with Crippen molar-refractivity contribution in [3.8, 4) is 11.5 Å². The van der Waals surface area contributed by atoms with E-state index in [4.69, 9.17) is 4.42 Å². The van der Waals surface area contributed by atoms with Gasteiger partial charge in [0.1, 0.15) is 0 Å². The highest BCUT2D eigenvalue weighted by molar-refractivity contribution is 7.99. The number of hydrogen-bond donors (Lipinski definition) is 1. The second kappa shape index (κ2) is 7.60. The molecular formula is C17H15N3O2S. The van der Waals surface area contributed by atoms with E-state index in [2.05, 4.69) is 15.5 Å². The largest absolute Gasteiger partial charge is 0.411 e. The van der Waals surface area contributed by atoms with Gasteiger partial charge in [-0.3, -0.25) is 4.79 Å². The Morgan fingerprint density at radius 2 is 1.70 bits per heavy atom. The van der Waals surface area contributed by atoms with Gasteiger partial charge in [0, 0.05) is 23.4 Å². The summed E-state index contributed by atoms with van der Waals surface area (Å²) < 4.78 is 5.58. The second-order valence-corrected chi connectivity index (χ2v) is 5.80. The van der Waals surface area contributed by atoms with Crippen LogP contribution in [0.3, 0.4) is 0 Å². The topological polar surface area (TPSA) is 68.0 Å². The van der Waals surface area contributed by atoms with Gasteiger partial charge in [0.05, 0.1) is 0 Å². The summed E-state index contributed by atoms with van der Waals surface area (Å²) in [5.41, 5.74) is 1.68. The van der Waals surface area contributed by atoms with Crippen LogP contribution in [0.15, 0.2) is 70.3 Å². The summed E-state index contributed by atoms with van der Waals surface area (Å²) in [5.74, 6) is 1.03. The van der Waals surface area contributed by atoms with Gasteiger partial charge in [-0.05, 0) is 24.3 Å². The molecule has 0 atom stereocenters. The molecule has 5 nitrogen and oxygen atoms in total. The fourth-order valence-corrected chi connectivity index (χ4v) is 2.64. The molecule has 0 bridgehead atoms. The van der Waals surface area contributed by atoms with Crippen molar-refractivity contribution in [2.45, 2.75) is 11.6 Å². The SMILES string of the molecule is O=C(CCSc1nnc(-c2ccccc2)o1)Nc1ccccc1. The number of nitrogens with zero attached hydrogens (tertiary/aromatic N) is 2. The molecule has 0 unspecified atom stereocenters. The number of amides is 1. The highest BCUT2D eigenvalue weighted by Gasteiger charge is 2.09. The quantitative estimate of drug-likeness (QED) is 0.697. The van der Waals surface area contributed by atoms with Crippen molar-refractivity contribution in [2.75, 3.05) is 11.1 Å². The van der Waals surface area contributed by atoms with Gasteiger partial charge in [0.15, 0.2) is 0 Å². The van der Waals surface area contributed by atoms with Crippen LogP contribution in [0.1, 0.15) is 6.42 Å². The van der Waals surface area contributed by atoms with Gasteiger partial charge in [-0.2, -0.15) is 0 Å². The summed E-state index contributed by atoms with van der Waals surface area (Å²) in [7, 11) is 0. The van der Waals surface area contributed by atoms with Crippen molar-refractivity contribution < 1.29 is 9.21 Å². The third-order valence-electron chi connectivity index (χ3n) is 3.04. The zero-order chi connectivity index (χ0) is 15.9. The standard InChI is InChI=1S/C17H15N3O2S/c21-15(18-14-9-5-2-6-10-14)11-12-23-17-20-19-16(22-17)13-7-3-1-4-8-13/h1-10H,11-12H2,(H,18,21). The van der Waals surface area contributed by atoms with Crippen LogP contribution in [-0.4, -0.2) is 21.9 Å². The van der Waals surface area contributed by atoms with E-state index in [1.54, 1.807) is 0 Å². The number of carbonyl (C=O) groups excluding carboxylic acids is 1. The average molecular weight is 325 g/mol. The second-order valence-electron chi connectivity index (χ2n) is 4.75. The van der Waals surface area contributed by atoms with Gasteiger partial charge < -0.3 is 9.73 Å². The first kappa shape index (κ1) is 15.3. The first-order chi connectivity index (χ1) is 11.3. The third-order valence-corrected chi connectivity index (χ3v) is 3.86. The van der Waals surface area contributed by atoms with E-state index in [0.717, 1.165) is 11.3 Å². The van der Waals surface area contributed by atoms with Crippen molar-refractivity contribution in [1.82, 2.24) is 10.2 Å². The molecule has 1 N–H and O–H groups in total. The van der Waals surface area contributed by atoms with Gasteiger partial charge >= 0.3 is 0 Å². The first-order valence-corrected chi connectivity index (χ1v) is 8.16. The minimum Gasteiger partial charge on any atom is -0.411 e. The lowest BCUT2D eigenvalue weighted by atomic mass is 10.2. The lowest BCUT2D eigenvalue weighted by molar-refractivity contribution is -0.115. The molecule has 0 aliphatic carbocycles. The van der Waals surface area contributed by atoms with Crippen LogP contribution in [0, 0.1) is 0 Å². The predicted molar refractivity (Wildman–Crippen MR) is 90.1 cm³/mol. The zero-order valence-electron chi connectivity index (χ0n) is 12.3. The maximum Gasteiger partial charge on any atom is 0.276 e. The van der Waals surface area contributed by atoms with E-state index < -0.39 is 0 Å². The first-order valence-electron chi connectivity index (χ1n) is 7.18.